The number of aromatic nitrogens is 1. The van der Waals surface area contributed by atoms with Crippen LogP contribution in [0.25, 0.3) is 11.1 Å². The zero-order chi connectivity index (χ0) is 12.4. The summed E-state index contributed by atoms with van der Waals surface area (Å²) in [5.41, 5.74) is 6.63. The Morgan fingerprint density at radius 3 is 2.59 bits per heavy atom. The highest BCUT2D eigenvalue weighted by molar-refractivity contribution is 5.70. The molecule has 17 heavy (non-hydrogen) atoms. The second-order valence-electron chi connectivity index (χ2n) is 3.51. The average Bonchev–Trinajstić information content (AvgIpc) is 2.28. The van der Waals surface area contributed by atoms with Crippen LogP contribution in [0.3, 0.4) is 0 Å². The number of nitrogens with one attached hydrogen (secondary N) is 1. The van der Waals surface area contributed by atoms with Crippen molar-refractivity contribution in [2.75, 3.05) is 5.73 Å². The normalized spacial score (nSPS) is 10.1. The summed E-state index contributed by atoms with van der Waals surface area (Å²) >= 11 is 0. The Morgan fingerprint density at radius 2 is 1.94 bits per heavy atom. The summed E-state index contributed by atoms with van der Waals surface area (Å²) in [5.74, 6) is 0. The minimum atomic E-state index is -0.521. The van der Waals surface area contributed by atoms with E-state index in [1.54, 1.807) is 12.1 Å². The first-order valence-corrected chi connectivity index (χ1v) is 4.80. The molecule has 1 aromatic heterocycles. The van der Waals surface area contributed by atoms with Crippen LogP contribution in [0.4, 0.5) is 11.4 Å². The van der Waals surface area contributed by atoms with Crippen LogP contribution in [-0.4, -0.2) is 9.91 Å². The van der Waals surface area contributed by atoms with Gasteiger partial charge >= 0.3 is 0 Å². The number of pyridine rings is 1. The lowest BCUT2D eigenvalue weighted by atomic mass is 10.1. The largest absolute Gasteiger partial charge is 0.399 e. The fourth-order valence-corrected chi connectivity index (χ4v) is 1.53. The molecule has 0 aliphatic carbocycles. The minimum absolute atomic E-state index is 0.0970. The van der Waals surface area contributed by atoms with Crippen molar-refractivity contribution in [3.63, 3.8) is 0 Å². The summed E-state index contributed by atoms with van der Waals surface area (Å²) in [5, 5.41) is 10.7. The number of rotatable bonds is 2. The second-order valence-corrected chi connectivity index (χ2v) is 3.51. The van der Waals surface area contributed by atoms with Gasteiger partial charge in [0, 0.05) is 30.1 Å². The molecule has 0 amide bonds. The lowest BCUT2D eigenvalue weighted by Gasteiger charge is -2.02. The van der Waals surface area contributed by atoms with Crippen LogP contribution in [-0.2, 0) is 0 Å². The highest BCUT2D eigenvalue weighted by Gasteiger charge is 2.09. The standard InChI is InChI=1S/C11H9N3O3/c12-9-3-8(4-10(6-9)14(16)17)7-1-2-13-11(15)5-7/h1-6H,12H2,(H,13,15). The fourth-order valence-electron chi connectivity index (χ4n) is 1.53. The molecule has 3 N–H and O–H groups in total. The molecule has 86 valence electrons. The molecule has 2 rings (SSSR count). The number of hydrogen-bond acceptors (Lipinski definition) is 4. The number of nitro groups is 1. The minimum Gasteiger partial charge on any atom is -0.399 e. The number of hydrogen-bond donors (Lipinski definition) is 2. The molecule has 0 spiro atoms. The predicted molar refractivity (Wildman–Crippen MR) is 63.6 cm³/mol. The number of nitrogens with two attached hydrogens (primary N) is 1. The zero-order valence-electron chi connectivity index (χ0n) is 8.71. The van der Waals surface area contributed by atoms with Crippen molar-refractivity contribution in [3.8, 4) is 11.1 Å². The number of non-ortho nitro benzene ring substituents is 1. The molecule has 0 unspecified atom stereocenters. The van der Waals surface area contributed by atoms with Gasteiger partial charge in [-0.25, -0.2) is 0 Å². The molecule has 0 aliphatic heterocycles. The topological polar surface area (TPSA) is 102 Å². The first-order valence-electron chi connectivity index (χ1n) is 4.80. The van der Waals surface area contributed by atoms with E-state index in [9.17, 15) is 14.9 Å². The van der Waals surface area contributed by atoms with E-state index in [1.807, 2.05) is 0 Å². The van der Waals surface area contributed by atoms with Crippen LogP contribution < -0.4 is 11.3 Å². The molecule has 2 aromatic rings. The Bertz CT molecular complexity index is 634. The lowest BCUT2D eigenvalue weighted by molar-refractivity contribution is -0.384. The molecule has 0 fully saturated rings. The van der Waals surface area contributed by atoms with E-state index in [1.165, 1.54) is 24.4 Å². The monoisotopic (exact) mass is 231 g/mol. The maximum absolute atomic E-state index is 11.1. The van der Waals surface area contributed by atoms with E-state index in [0.29, 0.717) is 11.1 Å². The average molecular weight is 231 g/mol. The fraction of sp³-hybridized carbons (Fsp3) is 0. The van der Waals surface area contributed by atoms with Crippen molar-refractivity contribution in [2.45, 2.75) is 0 Å². The Morgan fingerprint density at radius 1 is 1.18 bits per heavy atom. The molecule has 0 saturated carbocycles. The SMILES string of the molecule is Nc1cc(-c2cc[nH]c(=O)c2)cc([N+](=O)[O-])c1. The maximum atomic E-state index is 11.1. The van der Waals surface area contributed by atoms with Crippen molar-refractivity contribution in [3.05, 3.63) is 57.0 Å². The van der Waals surface area contributed by atoms with E-state index >= 15 is 0 Å². The molecule has 0 bridgehead atoms. The molecule has 1 aromatic carbocycles. The van der Waals surface area contributed by atoms with Gasteiger partial charge in [-0.2, -0.15) is 0 Å². The third kappa shape index (κ3) is 2.31. The number of nitro benzene ring substituents is 1. The van der Waals surface area contributed by atoms with Gasteiger partial charge in [-0.05, 0) is 23.3 Å². The van der Waals surface area contributed by atoms with Gasteiger partial charge in [0.05, 0.1) is 4.92 Å². The van der Waals surface area contributed by atoms with E-state index in [-0.39, 0.29) is 16.9 Å². The van der Waals surface area contributed by atoms with Gasteiger partial charge < -0.3 is 10.7 Å². The molecule has 6 nitrogen and oxygen atoms in total. The van der Waals surface area contributed by atoms with E-state index in [4.69, 9.17) is 5.73 Å². The first kappa shape index (κ1) is 10.9. The van der Waals surface area contributed by atoms with Gasteiger partial charge in [0.1, 0.15) is 0 Å². The third-order valence-corrected chi connectivity index (χ3v) is 2.26. The maximum Gasteiger partial charge on any atom is 0.272 e. The smallest absolute Gasteiger partial charge is 0.272 e. The number of benzene rings is 1. The predicted octanol–water partition coefficient (Wildman–Crippen LogP) is 1.53. The number of aromatic amines is 1. The van der Waals surface area contributed by atoms with Gasteiger partial charge in [0.2, 0.25) is 5.56 Å². The highest BCUT2D eigenvalue weighted by atomic mass is 16.6. The molecule has 1 heterocycles. The number of H-pyrrole nitrogens is 1. The van der Waals surface area contributed by atoms with Crippen LogP contribution in [0.5, 0.6) is 0 Å². The van der Waals surface area contributed by atoms with Gasteiger partial charge in [0.25, 0.3) is 5.69 Å². The summed E-state index contributed by atoms with van der Waals surface area (Å²) in [6.45, 7) is 0. The van der Waals surface area contributed by atoms with Crippen molar-refractivity contribution >= 4 is 11.4 Å². The first-order chi connectivity index (χ1) is 8.06. The molecule has 0 saturated heterocycles. The van der Waals surface area contributed by atoms with Crippen LogP contribution in [0.15, 0.2) is 41.3 Å². The summed E-state index contributed by atoms with van der Waals surface area (Å²) in [4.78, 5) is 23.8. The number of nitrogens with zero attached hydrogens (tertiary/aromatic N) is 1. The molecular weight excluding hydrogens is 222 g/mol. The molecular formula is C11H9N3O3. The van der Waals surface area contributed by atoms with Crippen molar-refractivity contribution in [2.24, 2.45) is 0 Å². The van der Waals surface area contributed by atoms with Gasteiger partial charge in [-0.1, -0.05) is 0 Å². The van der Waals surface area contributed by atoms with Crippen molar-refractivity contribution in [1.29, 1.82) is 0 Å². The number of anilines is 1. The zero-order valence-corrected chi connectivity index (χ0v) is 8.71. The third-order valence-electron chi connectivity index (χ3n) is 2.26. The summed E-state index contributed by atoms with van der Waals surface area (Å²) < 4.78 is 0. The van der Waals surface area contributed by atoms with Gasteiger partial charge in [0.15, 0.2) is 0 Å². The molecule has 0 radical (unpaired) electrons. The van der Waals surface area contributed by atoms with Crippen molar-refractivity contribution in [1.82, 2.24) is 4.98 Å². The van der Waals surface area contributed by atoms with E-state index in [0.717, 1.165) is 0 Å². The second kappa shape index (κ2) is 4.09. The summed E-state index contributed by atoms with van der Waals surface area (Å²) in [6, 6.07) is 7.25. The van der Waals surface area contributed by atoms with Gasteiger partial charge in [-0.3, -0.25) is 14.9 Å². The summed E-state index contributed by atoms with van der Waals surface area (Å²) in [7, 11) is 0. The van der Waals surface area contributed by atoms with E-state index in [2.05, 4.69) is 4.98 Å². The van der Waals surface area contributed by atoms with Gasteiger partial charge in [-0.15, -0.1) is 0 Å². The van der Waals surface area contributed by atoms with Crippen molar-refractivity contribution < 1.29 is 4.92 Å². The number of nitrogen functional groups attached to an aromatic ring is 1. The van der Waals surface area contributed by atoms with Crippen LogP contribution in [0.2, 0.25) is 0 Å². The Hall–Kier alpha value is -2.63. The summed E-state index contributed by atoms with van der Waals surface area (Å²) in [6.07, 6.45) is 1.48. The van der Waals surface area contributed by atoms with Crippen LogP contribution in [0, 0.1) is 10.1 Å². The van der Waals surface area contributed by atoms with Crippen LogP contribution >= 0.6 is 0 Å². The Balaban J connectivity index is 2.59. The lowest BCUT2D eigenvalue weighted by Crippen LogP contribution is -2.02. The molecule has 0 atom stereocenters. The molecule has 0 aliphatic rings. The van der Waals surface area contributed by atoms with E-state index < -0.39 is 4.92 Å². The quantitative estimate of drug-likeness (QED) is 0.464. The van der Waals surface area contributed by atoms with Crippen LogP contribution in [0.1, 0.15) is 0 Å². The Labute approximate surface area is 95.9 Å². The highest BCUT2D eigenvalue weighted by Crippen LogP contribution is 2.26. The molecule has 6 heteroatoms. The Kier molecular flexibility index (Phi) is 2.61.